The van der Waals surface area contributed by atoms with Crippen molar-refractivity contribution in [1.82, 2.24) is 4.90 Å². The van der Waals surface area contributed by atoms with Gasteiger partial charge in [-0.3, -0.25) is 4.79 Å². The van der Waals surface area contributed by atoms with Crippen LogP contribution in [0.1, 0.15) is 30.1 Å². The van der Waals surface area contributed by atoms with Gasteiger partial charge in [0.2, 0.25) is 0 Å². The van der Waals surface area contributed by atoms with Crippen LogP contribution in [0, 0.1) is 5.92 Å². The minimum atomic E-state index is -0.505. The van der Waals surface area contributed by atoms with Gasteiger partial charge < -0.3 is 14.4 Å². The topological polar surface area (TPSA) is 55.8 Å². The van der Waals surface area contributed by atoms with Crippen molar-refractivity contribution in [1.29, 1.82) is 0 Å². The highest BCUT2D eigenvalue weighted by atomic mass is 16.5. The standard InChI is InChI=1S/C21H23NO4/c1-16-6-5-13-22(14-16)20(23)15-25-21(24)17-9-11-19(12-10-17)26-18-7-3-2-4-8-18/h2-4,7-12,16H,5-6,13-15H2,1H3/t16-/m0/s1. The first-order valence-corrected chi connectivity index (χ1v) is 8.89. The first-order valence-electron chi connectivity index (χ1n) is 8.89. The fourth-order valence-electron chi connectivity index (χ4n) is 3.00. The molecule has 1 aliphatic heterocycles. The Kier molecular flexibility index (Phi) is 5.89. The highest BCUT2D eigenvalue weighted by Gasteiger charge is 2.22. The lowest BCUT2D eigenvalue weighted by Gasteiger charge is -2.30. The molecule has 1 amide bonds. The fourth-order valence-corrected chi connectivity index (χ4v) is 3.00. The molecule has 0 spiro atoms. The number of carbonyl (C=O) groups is 2. The summed E-state index contributed by atoms with van der Waals surface area (Å²) in [5.74, 6) is 1.22. The van der Waals surface area contributed by atoms with Crippen molar-refractivity contribution in [2.24, 2.45) is 5.92 Å². The van der Waals surface area contributed by atoms with E-state index in [4.69, 9.17) is 9.47 Å². The van der Waals surface area contributed by atoms with E-state index in [2.05, 4.69) is 6.92 Å². The van der Waals surface area contributed by atoms with Crippen molar-refractivity contribution in [2.75, 3.05) is 19.7 Å². The molecule has 1 atom stereocenters. The molecule has 5 nitrogen and oxygen atoms in total. The van der Waals surface area contributed by atoms with Crippen LogP contribution in [-0.2, 0) is 9.53 Å². The quantitative estimate of drug-likeness (QED) is 0.765. The minimum absolute atomic E-state index is 0.131. The van der Waals surface area contributed by atoms with Crippen molar-refractivity contribution in [3.63, 3.8) is 0 Å². The molecule has 0 N–H and O–H groups in total. The number of esters is 1. The predicted octanol–water partition coefficient (Wildman–Crippen LogP) is 3.89. The zero-order chi connectivity index (χ0) is 18.4. The number of amides is 1. The van der Waals surface area contributed by atoms with Crippen LogP contribution in [0.2, 0.25) is 0 Å². The summed E-state index contributed by atoms with van der Waals surface area (Å²) >= 11 is 0. The second-order valence-corrected chi connectivity index (χ2v) is 6.60. The van der Waals surface area contributed by atoms with Gasteiger partial charge in [0.25, 0.3) is 5.91 Å². The van der Waals surface area contributed by atoms with Crippen LogP contribution in [-0.4, -0.2) is 36.5 Å². The number of hydrogen-bond acceptors (Lipinski definition) is 4. The van der Waals surface area contributed by atoms with E-state index in [1.54, 1.807) is 29.2 Å². The van der Waals surface area contributed by atoms with Crippen molar-refractivity contribution in [3.8, 4) is 11.5 Å². The van der Waals surface area contributed by atoms with E-state index < -0.39 is 5.97 Å². The summed E-state index contributed by atoms with van der Waals surface area (Å²) in [4.78, 5) is 26.1. The number of hydrogen-bond donors (Lipinski definition) is 0. The average Bonchev–Trinajstić information content (AvgIpc) is 2.67. The number of ether oxygens (including phenoxy) is 2. The Morgan fingerprint density at radius 1 is 1.04 bits per heavy atom. The molecule has 1 aliphatic rings. The Bertz CT molecular complexity index is 742. The zero-order valence-electron chi connectivity index (χ0n) is 14.9. The van der Waals surface area contributed by atoms with Gasteiger partial charge in [0.05, 0.1) is 5.56 Å². The van der Waals surface area contributed by atoms with E-state index in [0.29, 0.717) is 17.2 Å². The molecule has 2 aromatic carbocycles. The summed E-state index contributed by atoms with van der Waals surface area (Å²) < 4.78 is 10.9. The van der Waals surface area contributed by atoms with E-state index in [1.807, 2.05) is 30.3 Å². The number of nitrogens with zero attached hydrogens (tertiary/aromatic N) is 1. The maximum atomic E-state index is 12.2. The Labute approximate surface area is 153 Å². The molecule has 0 bridgehead atoms. The highest BCUT2D eigenvalue weighted by Crippen LogP contribution is 2.21. The molecule has 1 fully saturated rings. The van der Waals surface area contributed by atoms with Crippen molar-refractivity contribution in [2.45, 2.75) is 19.8 Å². The molecule has 5 heteroatoms. The van der Waals surface area contributed by atoms with Gasteiger partial charge in [0, 0.05) is 13.1 Å². The number of para-hydroxylation sites is 1. The maximum absolute atomic E-state index is 12.2. The molecule has 1 saturated heterocycles. The molecule has 3 rings (SSSR count). The van der Waals surface area contributed by atoms with E-state index in [1.165, 1.54) is 0 Å². The van der Waals surface area contributed by atoms with Crippen LogP contribution in [0.15, 0.2) is 54.6 Å². The average molecular weight is 353 g/mol. The van der Waals surface area contributed by atoms with Gasteiger partial charge in [-0.15, -0.1) is 0 Å². The normalized spacial score (nSPS) is 16.8. The van der Waals surface area contributed by atoms with Crippen LogP contribution in [0.25, 0.3) is 0 Å². The molecule has 136 valence electrons. The molecular formula is C21H23NO4. The second-order valence-electron chi connectivity index (χ2n) is 6.60. The summed E-state index contributed by atoms with van der Waals surface area (Å²) in [7, 11) is 0. The van der Waals surface area contributed by atoms with Gasteiger partial charge in [0.1, 0.15) is 11.5 Å². The lowest BCUT2D eigenvalue weighted by Crippen LogP contribution is -2.41. The van der Waals surface area contributed by atoms with Crippen molar-refractivity contribution >= 4 is 11.9 Å². The third kappa shape index (κ3) is 4.85. The molecule has 0 aromatic heterocycles. The predicted molar refractivity (Wildman–Crippen MR) is 98.2 cm³/mol. The number of rotatable bonds is 5. The van der Waals surface area contributed by atoms with Gasteiger partial charge in [-0.1, -0.05) is 25.1 Å². The lowest BCUT2D eigenvalue weighted by atomic mass is 10.0. The highest BCUT2D eigenvalue weighted by molar-refractivity contribution is 5.91. The number of carbonyl (C=O) groups excluding carboxylic acids is 2. The number of likely N-dealkylation sites (tertiary alicyclic amines) is 1. The largest absolute Gasteiger partial charge is 0.457 e. The van der Waals surface area contributed by atoms with Crippen LogP contribution in [0.4, 0.5) is 0 Å². The maximum Gasteiger partial charge on any atom is 0.338 e. The molecule has 26 heavy (non-hydrogen) atoms. The van der Waals surface area contributed by atoms with E-state index in [0.717, 1.165) is 31.7 Å². The molecule has 1 heterocycles. The van der Waals surface area contributed by atoms with Crippen LogP contribution in [0.3, 0.4) is 0 Å². The molecule has 2 aromatic rings. The van der Waals surface area contributed by atoms with Crippen LogP contribution in [0.5, 0.6) is 11.5 Å². The van der Waals surface area contributed by atoms with E-state index in [9.17, 15) is 9.59 Å². The van der Waals surface area contributed by atoms with Gasteiger partial charge in [-0.05, 0) is 55.2 Å². The summed E-state index contributed by atoms with van der Waals surface area (Å²) in [6.07, 6.45) is 2.14. The minimum Gasteiger partial charge on any atom is -0.457 e. The molecule has 0 unspecified atom stereocenters. The Morgan fingerprint density at radius 2 is 1.73 bits per heavy atom. The monoisotopic (exact) mass is 353 g/mol. The summed E-state index contributed by atoms with van der Waals surface area (Å²) in [5, 5.41) is 0. The third-order valence-electron chi connectivity index (χ3n) is 4.41. The Morgan fingerprint density at radius 3 is 2.42 bits per heavy atom. The number of piperidine rings is 1. The fraction of sp³-hybridized carbons (Fsp3) is 0.333. The van der Waals surface area contributed by atoms with Crippen LogP contribution < -0.4 is 4.74 Å². The van der Waals surface area contributed by atoms with Gasteiger partial charge in [-0.2, -0.15) is 0 Å². The third-order valence-corrected chi connectivity index (χ3v) is 4.41. The zero-order valence-corrected chi connectivity index (χ0v) is 14.9. The van der Waals surface area contributed by atoms with Crippen molar-refractivity contribution in [3.05, 3.63) is 60.2 Å². The van der Waals surface area contributed by atoms with Gasteiger partial charge >= 0.3 is 5.97 Å². The molecular weight excluding hydrogens is 330 g/mol. The van der Waals surface area contributed by atoms with E-state index >= 15 is 0 Å². The first-order chi connectivity index (χ1) is 12.6. The molecule has 0 radical (unpaired) electrons. The molecule has 0 aliphatic carbocycles. The smallest absolute Gasteiger partial charge is 0.338 e. The second kappa shape index (κ2) is 8.52. The Hall–Kier alpha value is -2.82. The van der Waals surface area contributed by atoms with Crippen molar-refractivity contribution < 1.29 is 19.1 Å². The Balaban J connectivity index is 1.51. The summed E-state index contributed by atoms with van der Waals surface area (Å²) in [6.45, 7) is 3.40. The van der Waals surface area contributed by atoms with Crippen LogP contribution >= 0.6 is 0 Å². The van der Waals surface area contributed by atoms with Gasteiger partial charge in [0.15, 0.2) is 6.61 Å². The molecule has 0 saturated carbocycles. The lowest BCUT2D eigenvalue weighted by molar-refractivity contribution is -0.136. The summed E-state index contributed by atoms with van der Waals surface area (Å²) in [6, 6.07) is 16.1. The number of benzene rings is 2. The van der Waals surface area contributed by atoms with E-state index in [-0.39, 0.29) is 12.5 Å². The SMILES string of the molecule is C[C@H]1CCCN(C(=O)COC(=O)c2ccc(Oc3ccccc3)cc2)C1. The first kappa shape index (κ1) is 18.0. The van der Waals surface area contributed by atoms with Gasteiger partial charge in [-0.25, -0.2) is 4.79 Å². The summed E-state index contributed by atoms with van der Waals surface area (Å²) in [5.41, 5.74) is 0.394.